The third kappa shape index (κ3) is 3.71. The van der Waals surface area contributed by atoms with Gasteiger partial charge in [-0.1, -0.05) is 27.2 Å². The van der Waals surface area contributed by atoms with Gasteiger partial charge in [0.1, 0.15) is 0 Å². The van der Waals surface area contributed by atoms with Crippen molar-refractivity contribution in [3.63, 3.8) is 0 Å². The van der Waals surface area contributed by atoms with E-state index in [1.165, 1.54) is 58.2 Å². The third-order valence-corrected chi connectivity index (χ3v) is 5.07. The van der Waals surface area contributed by atoms with E-state index in [-0.39, 0.29) is 0 Å². The van der Waals surface area contributed by atoms with Crippen molar-refractivity contribution in [3.05, 3.63) is 0 Å². The molecule has 0 aromatic rings. The number of nitrogens with one attached hydrogen (secondary N) is 1. The maximum atomic E-state index is 3.67. The molecule has 1 aliphatic heterocycles. The molecule has 1 saturated carbocycles. The van der Waals surface area contributed by atoms with Crippen molar-refractivity contribution in [3.8, 4) is 0 Å². The Morgan fingerprint density at radius 1 is 1.11 bits per heavy atom. The summed E-state index contributed by atoms with van der Waals surface area (Å²) < 4.78 is 0. The van der Waals surface area contributed by atoms with Crippen LogP contribution in [0.1, 0.15) is 59.3 Å². The van der Waals surface area contributed by atoms with E-state index in [2.05, 4.69) is 31.0 Å². The molecule has 2 nitrogen and oxygen atoms in total. The third-order valence-electron chi connectivity index (χ3n) is 5.07. The first-order valence-corrected chi connectivity index (χ1v) is 8.18. The van der Waals surface area contributed by atoms with Crippen molar-refractivity contribution in [1.29, 1.82) is 0 Å². The molecule has 2 aliphatic rings. The number of unbranched alkanes of at least 4 members (excludes halogenated alkanes) is 1. The summed E-state index contributed by atoms with van der Waals surface area (Å²) in [6.07, 6.45) is 8.47. The van der Waals surface area contributed by atoms with Crippen molar-refractivity contribution in [2.45, 2.75) is 71.4 Å². The first kappa shape index (κ1) is 14.3. The molecular formula is C16H32N2. The van der Waals surface area contributed by atoms with Gasteiger partial charge in [0.05, 0.1) is 0 Å². The molecule has 0 aromatic carbocycles. The first-order chi connectivity index (χ1) is 8.70. The van der Waals surface area contributed by atoms with Gasteiger partial charge in [-0.2, -0.15) is 0 Å². The Morgan fingerprint density at radius 2 is 1.78 bits per heavy atom. The van der Waals surface area contributed by atoms with E-state index in [1.807, 2.05) is 0 Å². The monoisotopic (exact) mass is 252 g/mol. The van der Waals surface area contributed by atoms with E-state index < -0.39 is 0 Å². The summed E-state index contributed by atoms with van der Waals surface area (Å²) in [6, 6.07) is 1.70. The summed E-state index contributed by atoms with van der Waals surface area (Å²) in [5, 5.41) is 3.67. The topological polar surface area (TPSA) is 15.3 Å². The van der Waals surface area contributed by atoms with Crippen LogP contribution in [0.5, 0.6) is 0 Å². The van der Waals surface area contributed by atoms with Gasteiger partial charge in [-0.3, -0.25) is 4.90 Å². The minimum Gasteiger partial charge on any atom is -0.311 e. The van der Waals surface area contributed by atoms with Crippen LogP contribution in [0.2, 0.25) is 0 Å². The van der Waals surface area contributed by atoms with Crippen LogP contribution in [-0.4, -0.2) is 36.6 Å². The fraction of sp³-hybridized carbons (Fsp3) is 1.00. The summed E-state index contributed by atoms with van der Waals surface area (Å²) in [6.45, 7) is 10.9. The second-order valence-electron chi connectivity index (χ2n) is 6.77. The maximum Gasteiger partial charge on any atom is 0.0322 e. The summed E-state index contributed by atoms with van der Waals surface area (Å²) >= 11 is 0. The number of likely N-dealkylation sites (tertiary alicyclic amines) is 1. The van der Waals surface area contributed by atoms with Crippen molar-refractivity contribution in [2.75, 3.05) is 19.6 Å². The van der Waals surface area contributed by atoms with Gasteiger partial charge in [0.25, 0.3) is 0 Å². The SMILES string of the molecule is CCCCNC1CN(C2CCC(C(C)C)CC2)C1. The van der Waals surface area contributed by atoms with Crippen molar-refractivity contribution >= 4 is 0 Å². The van der Waals surface area contributed by atoms with E-state index in [1.54, 1.807) is 0 Å². The minimum absolute atomic E-state index is 0.791. The van der Waals surface area contributed by atoms with Crippen LogP contribution in [0.25, 0.3) is 0 Å². The van der Waals surface area contributed by atoms with Crippen molar-refractivity contribution in [1.82, 2.24) is 10.2 Å². The average molecular weight is 252 g/mol. The van der Waals surface area contributed by atoms with Gasteiger partial charge < -0.3 is 5.32 Å². The van der Waals surface area contributed by atoms with E-state index >= 15 is 0 Å². The van der Waals surface area contributed by atoms with Crippen LogP contribution in [0, 0.1) is 11.8 Å². The molecular weight excluding hydrogens is 220 g/mol. The highest BCUT2D eigenvalue weighted by molar-refractivity contribution is 4.92. The smallest absolute Gasteiger partial charge is 0.0322 e. The first-order valence-electron chi connectivity index (χ1n) is 8.18. The molecule has 2 fully saturated rings. The molecule has 18 heavy (non-hydrogen) atoms. The minimum atomic E-state index is 0.791. The molecule has 2 rings (SSSR count). The van der Waals surface area contributed by atoms with E-state index in [0.29, 0.717) is 0 Å². The summed E-state index contributed by atoms with van der Waals surface area (Å²) in [4.78, 5) is 2.72. The van der Waals surface area contributed by atoms with Gasteiger partial charge in [-0.05, 0) is 50.5 Å². The zero-order valence-electron chi connectivity index (χ0n) is 12.6. The fourth-order valence-corrected chi connectivity index (χ4v) is 3.56. The van der Waals surface area contributed by atoms with Crippen LogP contribution in [0.3, 0.4) is 0 Å². The van der Waals surface area contributed by atoms with Crippen LogP contribution in [0.4, 0.5) is 0 Å². The lowest BCUT2D eigenvalue weighted by atomic mass is 9.78. The number of nitrogens with zero attached hydrogens (tertiary/aromatic N) is 1. The van der Waals surface area contributed by atoms with Crippen molar-refractivity contribution < 1.29 is 0 Å². The molecule has 0 amide bonds. The average Bonchev–Trinajstić information content (AvgIpc) is 2.32. The quantitative estimate of drug-likeness (QED) is 0.730. The second-order valence-corrected chi connectivity index (χ2v) is 6.77. The van der Waals surface area contributed by atoms with E-state index in [0.717, 1.165) is 23.9 Å². The highest BCUT2D eigenvalue weighted by Gasteiger charge is 2.34. The Bertz CT molecular complexity index is 225. The second kappa shape index (κ2) is 6.91. The molecule has 0 spiro atoms. The van der Waals surface area contributed by atoms with E-state index in [9.17, 15) is 0 Å². The summed E-state index contributed by atoms with van der Waals surface area (Å²) in [7, 11) is 0. The van der Waals surface area contributed by atoms with Crippen LogP contribution < -0.4 is 5.32 Å². The predicted molar refractivity (Wildman–Crippen MR) is 78.9 cm³/mol. The molecule has 2 heteroatoms. The number of rotatable bonds is 6. The van der Waals surface area contributed by atoms with Gasteiger partial charge in [-0.25, -0.2) is 0 Å². The Hall–Kier alpha value is -0.0800. The lowest BCUT2D eigenvalue weighted by Gasteiger charge is -2.47. The number of hydrogen-bond acceptors (Lipinski definition) is 2. The summed E-state index contributed by atoms with van der Waals surface area (Å²) in [5.41, 5.74) is 0. The van der Waals surface area contributed by atoms with Gasteiger partial charge in [0.2, 0.25) is 0 Å². The standard InChI is InChI=1S/C16H32N2/c1-4-5-10-17-15-11-18(12-15)16-8-6-14(7-9-16)13(2)3/h13-17H,4-12H2,1-3H3. The van der Waals surface area contributed by atoms with Gasteiger partial charge in [-0.15, -0.1) is 0 Å². The molecule has 0 radical (unpaired) electrons. The van der Waals surface area contributed by atoms with Crippen LogP contribution in [0.15, 0.2) is 0 Å². The molecule has 0 atom stereocenters. The lowest BCUT2D eigenvalue weighted by molar-refractivity contribution is 0.0427. The fourth-order valence-electron chi connectivity index (χ4n) is 3.56. The van der Waals surface area contributed by atoms with Crippen molar-refractivity contribution in [2.24, 2.45) is 11.8 Å². The summed E-state index contributed by atoms with van der Waals surface area (Å²) in [5.74, 6) is 1.90. The highest BCUT2D eigenvalue weighted by atomic mass is 15.3. The molecule has 1 saturated heterocycles. The molecule has 1 N–H and O–H groups in total. The Kier molecular flexibility index (Phi) is 5.50. The Morgan fingerprint density at radius 3 is 2.33 bits per heavy atom. The Labute approximate surface area is 114 Å². The molecule has 1 heterocycles. The molecule has 0 unspecified atom stereocenters. The molecule has 0 aromatic heterocycles. The zero-order valence-corrected chi connectivity index (χ0v) is 12.6. The van der Waals surface area contributed by atoms with Crippen LogP contribution >= 0.6 is 0 Å². The van der Waals surface area contributed by atoms with E-state index in [4.69, 9.17) is 0 Å². The maximum absolute atomic E-state index is 3.67. The lowest BCUT2D eigenvalue weighted by Crippen LogP contribution is -2.61. The normalized spacial score (nSPS) is 30.7. The molecule has 1 aliphatic carbocycles. The molecule has 106 valence electrons. The van der Waals surface area contributed by atoms with Gasteiger partial charge >= 0.3 is 0 Å². The zero-order chi connectivity index (χ0) is 13.0. The molecule has 0 bridgehead atoms. The number of hydrogen-bond donors (Lipinski definition) is 1. The highest BCUT2D eigenvalue weighted by Crippen LogP contribution is 2.33. The van der Waals surface area contributed by atoms with Gasteiger partial charge in [0.15, 0.2) is 0 Å². The van der Waals surface area contributed by atoms with Crippen LogP contribution in [-0.2, 0) is 0 Å². The van der Waals surface area contributed by atoms with Gasteiger partial charge in [0, 0.05) is 25.2 Å². The Balaban J connectivity index is 1.59. The largest absolute Gasteiger partial charge is 0.311 e. The predicted octanol–water partition coefficient (Wildman–Crippen LogP) is 3.28.